The topological polar surface area (TPSA) is 119 Å². The van der Waals surface area contributed by atoms with Gasteiger partial charge < -0.3 is 19.9 Å². The standard InChI is InChI=1S/C31H49NO7/c1-30(2,3)38-28(36)22-19-24-17-15-23(16-18-24)13-11-9-7-8-10-12-14-26(33)32-25(20-21-27(34)35)29(37)39-31(4,5)6/h15-18,25H,7-14,19-22H2,1-6H3,(H,32,33)(H,34,35)/t25-/m0/s1. The second-order valence-electron chi connectivity index (χ2n) is 12.1. The van der Waals surface area contributed by atoms with Crippen molar-refractivity contribution in [2.24, 2.45) is 0 Å². The summed E-state index contributed by atoms with van der Waals surface area (Å²) in [7, 11) is 0. The van der Waals surface area contributed by atoms with Crippen molar-refractivity contribution in [3.63, 3.8) is 0 Å². The third-order valence-electron chi connectivity index (χ3n) is 5.85. The Kier molecular flexibility index (Phi) is 14.8. The molecule has 0 unspecified atom stereocenters. The molecule has 0 aliphatic heterocycles. The average Bonchev–Trinajstić information content (AvgIpc) is 2.80. The van der Waals surface area contributed by atoms with Gasteiger partial charge in [-0.25, -0.2) is 4.79 Å². The molecular formula is C31H49NO7. The average molecular weight is 548 g/mol. The van der Waals surface area contributed by atoms with Crippen molar-refractivity contribution >= 4 is 23.8 Å². The van der Waals surface area contributed by atoms with Crippen molar-refractivity contribution in [2.45, 2.75) is 136 Å². The molecule has 2 N–H and O–H groups in total. The largest absolute Gasteiger partial charge is 0.481 e. The number of carbonyl (C=O) groups excluding carboxylic acids is 3. The van der Waals surface area contributed by atoms with Gasteiger partial charge in [0.05, 0.1) is 0 Å². The molecule has 1 aromatic carbocycles. The second-order valence-corrected chi connectivity index (χ2v) is 12.1. The normalized spacial score (nSPS) is 12.5. The van der Waals surface area contributed by atoms with Gasteiger partial charge in [-0.2, -0.15) is 0 Å². The summed E-state index contributed by atoms with van der Waals surface area (Å²) in [4.78, 5) is 47.5. The lowest BCUT2D eigenvalue weighted by Gasteiger charge is -2.24. The minimum atomic E-state index is -1.02. The Hall–Kier alpha value is -2.90. The maximum atomic E-state index is 12.4. The number of carboxylic acid groups (broad SMARTS) is 1. The Morgan fingerprint density at radius 2 is 1.23 bits per heavy atom. The van der Waals surface area contributed by atoms with Crippen molar-refractivity contribution < 1.29 is 33.8 Å². The summed E-state index contributed by atoms with van der Waals surface area (Å²) in [5.74, 6) is -2.06. The minimum absolute atomic E-state index is 0.00476. The number of amides is 1. The number of rotatable bonds is 17. The first kappa shape index (κ1) is 34.1. The Bertz CT molecular complexity index is 910. The fraction of sp³-hybridized carbons (Fsp3) is 0.677. The highest BCUT2D eigenvalue weighted by Gasteiger charge is 2.27. The van der Waals surface area contributed by atoms with Gasteiger partial charge in [0.25, 0.3) is 0 Å². The van der Waals surface area contributed by atoms with E-state index in [2.05, 4.69) is 29.6 Å². The molecule has 0 saturated carbocycles. The van der Waals surface area contributed by atoms with Crippen molar-refractivity contribution in [3.8, 4) is 0 Å². The lowest BCUT2D eigenvalue weighted by Crippen LogP contribution is -2.44. The molecule has 0 radical (unpaired) electrons. The highest BCUT2D eigenvalue weighted by molar-refractivity contribution is 5.85. The molecule has 0 aliphatic carbocycles. The lowest BCUT2D eigenvalue weighted by molar-refractivity contribution is -0.159. The summed E-state index contributed by atoms with van der Waals surface area (Å²) in [6.07, 6.45) is 8.13. The summed E-state index contributed by atoms with van der Waals surface area (Å²) in [6, 6.07) is 7.47. The van der Waals surface area contributed by atoms with E-state index < -0.39 is 29.2 Å². The maximum absolute atomic E-state index is 12.4. The molecule has 8 nitrogen and oxygen atoms in total. The lowest BCUT2D eigenvalue weighted by atomic mass is 10.0. The molecule has 1 aromatic rings. The maximum Gasteiger partial charge on any atom is 0.329 e. The van der Waals surface area contributed by atoms with Gasteiger partial charge in [-0.05, 0) is 84.8 Å². The van der Waals surface area contributed by atoms with Crippen LogP contribution in [0.4, 0.5) is 0 Å². The molecule has 0 aliphatic rings. The van der Waals surface area contributed by atoms with Crippen LogP contribution in [0, 0.1) is 0 Å². The molecule has 0 spiro atoms. The zero-order valence-corrected chi connectivity index (χ0v) is 24.8. The zero-order valence-electron chi connectivity index (χ0n) is 24.8. The molecule has 1 rings (SSSR count). The quantitative estimate of drug-likeness (QED) is 0.183. The summed E-state index contributed by atoms with van der Waals surface area (Å²) < 4.78 is 10.7. The smallest absolute Gasteiger partial charge is 0.329 e. The summed E-state index contributed by atoms with van der Waals surface area (Å²) in [5, 5.41) is 11.6. The van der Waals surface area contributed by atoms with Gasteiger partial charge >= 0.3 is 17.9 Å². The molecule has 0 aromatic heterocycles. The number of nitrogens with one attached hydrogen (secondary N) is 1. The fourth-order valence-electron chi connectivity index (χ4n) is 3.99. The van der Waals surface area contributed by atoms with Crippen LogP contribution in [0.2, 0.25) is 0 Å². The van der Waals surface area contributed by atoms with Crippen LogP contribution in [0.3, 0.4) is 0 Å². The molecule has 1 atom stereocenters. The van der Waals surface area contributed by atoms with Gasteiger partial charge in [-0.15, -0.1) is 0 Å². The van der Waals surface area contributed by atoms with Crippen LogP contribution < -0.4 is 5.32 Å². The van der Waals surface area contributed by atoms with E-state index in [1.165, 1.54) is 5.56 Å². The van der Waals surface area contributed by atoms with Gasteiger partial charge in [0.2, 0.25) is 5.91 Å². The predicted molar refractivity (Wildman–Crippen MR) is 151 cm³/mol. The van der Waals surface area contributed by atoms with E-state index in [1.807, 2.05) is 20.8 Å². The van der Waals surface area contributed by atoms with E-state index in [-0.39, 0.29) is 24.7 Å². The van der Waals surface area contributed by atoms with Gasteiger partial charge in [-0.3, -0.25) is 14.4 Å². The van der Waals surface area contributed by atoms with Crippen molar-refractivity contribution in [1.82, 2.24) is 5.32 Å². The van der Waals surface area contributed by atoms with Crippen LogP contribution in [0.5, 0.6) is 0 Å². The van der Waals surface area contributed by atoms with Crippen molar-refractivity contribution in [1.29, 1.82) is 0 Å². The molecule has 0 saturated heterocycles. The van der Waals surface area contributed by atoms with Crippen LogP contribution in [0.1, 0.15) is 117 Å². The van der Waals surface area contributed by atoms with Crippen molar-refractivity contribution in [2.75, 3.05) is 0 Å². The molecule has 0 fully saturated rings. The molecule has 0 bridgehead atoms. The number of aliphatic carboxylic acids is 1. The first-order chi connectivity index (χ1) is 18.1. The van der Waals surface area contributed by atoms with Crippen LogP contribution in [-0.4, -0.2) is 46.2 Å². The Morgan fingerprint density at radius 3 is 1.77 bits per heavy atom. The van der Waals surface area contributed by atoms with Crippen LogP contribution in [0.15, 0.2) is 24.3 Å². The number of benzene rings is 1. The number of hydrogen-bond acceptors (Lipinski definition) is 6. The summed E-state index contributed by atoms with van der Waals surface area (Å²) >= 11 is 0. The first-order valence-electron chi connectivity index (χ1n) is 14.2. The van der Waals surface area contributed by atoms with Crippen molar-refractivity contribution in [3.05, 3.63) is 35.4 Å². The Morgan fingerprint density at radius 1 is 0.718 bits per heavy atom. The van der Waals surface area contributed by atoms with E-state index in [1.54, 1.807) is 20.8 Å². The monoisotopic (exact) mass is 547 g/mol. The third kappa shape index (κ3) is 18.1. The SMILES string of the molecule is CC(C)(C)OC(=O)CCc1ccc(CCCCCCCCC(=O)N[C@@H](CCC(=O)O)C(=O)OC(C)(C)C)cc1. The number of carboxylic acids is 1. The van der Waals surface area contributed by atoms with Crippen LogP contribution in [0.25, 0.3) is 0 Å². The van der Waals surface area contributed by atoms with E-state index >= 15 is 0 Å². The fourth-order valence-corrected chi connectivity index (χ4v) is 3.99. The van der Waals surface area contributed by atoms with E-state index in [4.69, 9.17) is 14.6 Å². The van der Waals surface area contributed by atoms with Crippen LogP contribution >= 0.6 is 0 Å². The van der Waals surface area contributed by atoms with E-state index in [0.717, 1.165) is 50.5 Å². The molecule has 39 heavy (non-hydrogen) atoms. The highest BCUT2D eigenvalue weighted by atomic mass is 16.6. The number of ether oxygens (including phenoxy) is 2. The zero-order chi connectivity index (χ0) is 29.5. The number of unbranched alkanes of at least 4 members (excludes halogenated alkanes) is 5. The minimum Gasteiger partial charge on any atom is -0.481 e. The molecule has 8 heteroatoms. The summed E-state index contributed by atoms with van der Waals surface area (Å²) in [6.45, 7) is 10.8. The van der Waals surface area contributed by atoms with Gasteiger partial charge in [0.15, 0.2) is 0 Å². The predicted octanol–water partition coefficient (Wildman–Crippen LogP) is 5.93. The van der Waals surface area contributed by atoms with E-state index in [0.29, 0.717) is 19.3 Å². The Labute approximate surface area is 234 Å². The third-order valence-corrected chi connectivity index (χ3v) is 5.85. The van der Waals surface area contributed by atoms with Gasteiger partial charge in [-0.1, -0.05) is 49.9 Å². The second kappa shape index (κ2) is 16.9. The number of aryl methyl sites for hydroxylation is 2. The van der Waals surface area contributed by atoms with Gasteiger partial charge in [0.1, 0.15) is 17.2 Å². The molecular weight excluding hydrogens is 498 g/mol. The molecule has 0 heterocycles. The Balaban J connectivity index is 2.22. The molecule has 220 valence electrons. The number of hydrogen-bond donors (Lipinski definition) is 2. The number of carbonyl (C=O) groups is 4. The highest BCUT2D eigenvalue weighted by Crippen LogP contribution is 2.15. The summed E-state index contributed by atoms with van der Waals surface area (Å²) in [5.41, 5.74) is 1.26. The van der Waals surface area contributed by atoms with Crippen LogP contribution in [-0.2, 0) is 41.5 Å². The molecule has 1 amide bonds. The number of esters is 2. The first-order valence-corrected chi connectivity index (χ1v) is 14.2. The van der Waals surface area contributed by atoms with Gasteiger partial charge in [0, 0.05) is 19.3 Å². The van der Waals surface area contributed by atoms with E-state index in [9.17, 15) is 19.2 Å².